The molecule has 0 aliphatic rings. The zero-order valence-corrected chi connectivity index (χ0v) is 11.3. The molecule has 100 valence electrons. The van der Waals surface area contributed by atoms with Crippen molar-refractivity contribution in [1.29, 1.82) is 0 Å². The number of carbonyl (C=O) groups is 1. The highest BCUT2D eigenvalue weighted by Gasteiger charge is 2.16. The minimum atomic E-state index is -0.0336. The predicted molar refractivity (Wildman–Crippen MR) is 72.4 cm³/mol. The maximum absolute atomic E-state index is 11.9. The van der Waals surface area contributed by atoms with Crippen LogP contribution in [0, 0.1) is 5.41 Å². The van der Waals surface area contributed by atoms with E-state index in [2.05, 4.69) is 15.5 Å². The summed E-state index contributed by atoms with van der Waals surface area (Å²) in [4.78, 5) is 11.9. The average Bonchev–Trinajstić information content (AvgIpc) is 2.79. The second-order valence-corrected chi connectivity index (χ2v) is 5.61. The number of nitrogens with zero attached hydrogens (tertiary/aromatic N) is 2. The molecule has 1 aromatic carbocycles. The van der Waals surface area contributed by atoms with E-state index in [1.807, 2.05) is 45.0 Å². The van der Waals surface area contributed by atoms with Crippen molar-refractivity contribution >= 4 is 11.6 Å². The third-order valence-electron chi connectivity index (χ3n) is 2.44. The molecular weight excluding hydrogens is 242 g/mol. The van der Waals surface area contributed by atoms with E-state index in [0.717, 1.165) is 11.3 Å². The van der Waals surface area contributed by atoms with Gasteiger partial charge < -0.3 is 9.73 Å². The third kappa shape index (κ3) is 3.91. The molecule has 0 aliphatic heterocycles. The highest BCUT2D eigenvalue weighted by Crippen LogP contribution is 2.22. The Morgan fingerprint density at radius 1 is 1.37 bits per heavy atom. The van der Waals surface area contributed by atoms with Crippen molar-refractivity contribution in [2.75, 3.05) is 5.32 Å². The van der Waals surface area contributed by atoms with Gasteiger partial charge in [-0.1, -0.05) is 26.8 Å². The number of hydrogen-bond acceptors (Lipinski definition) is 4. The standard InChI is InChI=1S/C14H17N3O2/c1-14(2,3)8-12(18)16-11-6-4-5-10(7-11)13-17-15-9-19-13/h4-7,9H,8H2,1-3H3,(H,16,18). The van der Waals surface area contributed by atoms with Crippen molar-refractivity contribution in [2.24, 2.45) is 5.41 Å². The lowest BCUT2D eigenvalue weighted by molar-refractivity contribution is -0.117. The summed E-state index contributed by atoms with van der Waals surface area (Å²) >= 11 is 0. The Morgan fingerprint density at radius 3 is 2.79 bits per heavy atom. The van der Waals surface area contributed by atoms with Crippen LogP contribution >= 0.6 is 0 Å². The summed E-state index contributed by atoms with van der Waals surface area (Å²) in [6.07, 6.45) is 1.75. The molecule has 0 radical (unpaired) electrons. The largest absolute Gasteiger partial charge is 0.423 e. The van der Waals surface area contributed by atoms with Crippen LogP contribution in [0.2, 0.25) is 0 Å². The van der Waals surface area contributed by atoms with Gasteiger partial charge in [0, 0.05) is 17.7 Å². The third-order valence-corrected chi connectivity index (χ3v) is 2.44. The van der Waals surface area contributed by atoms with Crippen molar-refractivity contribution in [3.63, 3.8) is 0 Å². The van der Waals surface area contributed by atoms with E-state index in [1.54, 1.807) is 0 Å². The normalized spacial score (nSPS) is 11.3. The second-order valence-electron chi connectivity index (χ2n) is 5.61. The molecule has 0 saturated heterocycles. The summed E-state index contributed by atoms with van der Waals surface area (Å²) in [6.45, 7) is 6.09. The molecular formula is C14H17N3O2. The summed E-state index contributed by atoms with van der Waals surface area (Å²) in [6, 6.07) is 7.34. The molecule has 2 rings (SSSR count). The molecule has 19 heavy (non-hydrogen) atoms. The van der Waals surface area contributed by atoms with Gasteiger partial charge in [0.15, 0.2) is 0 Å². The van der Waals surface area contributed by atoms with Gasteiger partial charge >= 0.3 is 0 Å². The van der Waals surface area contributed by atoms with Crippen molar-refractivity contribution < 1.29 is 9.21 Å². The minimum Gasteiger partial charge on any atom is -0.423 e. The lowest BCUT2D eigenvalue weighted by Gasteiger charge is -2.17. The van der Waals surface area contributed by atoms with Crippen molar-refractivity contribution in [1.82, 2.24) is 10.2 Å². The van der Waals surface area contributed by atoms with Gasteiger partial charge in [-0.3, -0.25) is 4.79 Å². The van der Waals surface area contributed by atoms with Gasteiger partial charge in [0.25, 0.3) is 0 Å². The summed E-state index contributed by atoms with van der Waals surface area (Å²) in [7, 11) is 0. The zero-order valence-electron chi connectivity index (χ0n) is 11.3. The van der Waals surface area contributed by atoms with Crippen LogP contribution in [0.15, 0.2) is 35.1 Å². The summed E-state index contributed by atoms with van der Waals surface area (Å²) in [5.74, 6) is 0.432. The topological polar surface area (TPSA) is 68.0 Å². The average molecular weight is 259 g/mol. The first-order chi connectivity index (χ1) is 8.94. The van der Waals surface area contributed by atoms with Crippen LogP contribution in [0.5, 0.6) is 0 Å². The molecule has 0 fully saturated rings. The minimum absolute atomic E-state index is 0.00446. The molecule has 0 spiro atoms. The molecule has 1 aromatic heterocycles. The number of amides is 1. The molecule has 5 heteroatoms. The molecule has 1 amide bonds. The predicted octanol–water partition coefficient (Wildman–Crippen LogP) is 3.11. The SMILES string of the molecule is CC(C)(C)CC(=O)Nc1cccc(-c2nnco2)c1. The van der Waals surface area contributed by atoms with E-state index in [4.69, 9.17) is 4.42 Å². The Labute approximate surface area is 112 Å². The first kappa shape index (κ1) is 13.3. The van der Waals surface area contributed by atoms with Crippen LogP contribution < -0.4 is 5.32 Å². The number of carbonyl (C=O) groups excluding carboxylic acids is 1. The molecule has 1 heterocycles. The van der Waals surface area contributed by atoms with Gasteiger partial charge in [-0.25, -0.2) is 0 Å². The van der Waals surface area contributed by atoms with E-state index >= 15 is 0 Å². The van der Waals surface area contributed by atoms with Gasteiger partial charge in [-0.05, 0) is 23.6 Å². The number of rotatable bonds is 3. The van der Waals surface area contributed by atoms with E-state index in [9.17, 15) is 4.79 Å². The van der Waals surface area contributed by atoms with Crippen LogP contribution in [0.1, 0.15) is 27.2 Å². The molecule has 0 atom stereocenters. The summed E-state index contributed by atoms with van der Waals surface area (Å²) in [5.41, 5.74) is 1.48. The van der Waals surface area contributed by atoms with Crippen LogP contribution in [0.4, 0.5) is 5.69 Å². The summed E-state index contributed by atoms with van der Waals surface area (Å²) in [5, 5.41) is 10.3. The Balaban J connectivity index is 2.10. The van der Waals surface area contributed by atoms with Gasteiger partial charge in [0.1, 0.15) is 0 Å². The van der Waals surface area contributed by atoms with Crippen molar-refractivity contribution in [3.05, 3.63) is 30.7 Å². The number of benzene rings is 1. The van der Waals surface area contributed by atoms with Crippen LogP contribution in [0.25, 0.3) is 11.5 Å². The molecule has 0 bridgehead atoms. The highest BCUT2D eigenvalue weighted by atomic mass is 16.4. The number of nitrogens with one attached hydrogen (secondary N) is 1. The number of hydrogen-bond donors (Lipinski definition) is 1. The maximum atomic E-state index is 11.9. The number of anilines is 1. The lowest BCUT2D eigenvalue weighted by Crippen LogP contribution is -2.19. The van der Waals surface area contributed by atoms with Gasteiger partial charge in [-0.2, -0.15) is 0 Å². The second kappa shape index (κ2) is 5.22. The molecule has 1 N–H and O–H groups in total. The lowest BCUT2D eigenvalue weighted by atomic mass is 9.92. The van der Waals surface area contributed by atoms with Crippen LogP contribution in [-0.2, 0) is 4.79 Å². The van der Waals surface area contributed by atoms with Crippen LogP contribution in [-0.4, -0.2) is 16.1 Å². The Morgan fingerprint density at radius 2 is 2.16 bits per heavy atom. The Hall–Kier alpha value is -2.17. The van der Waals surface area contributed by atoms with Crippen molar-refractivity contribution in [2.45, 2.75) is 27.2 Å². The first-order valence-corrected chi connectivity index (χ1v) is 6.10. The summed E-state index contributed by atoms with van der Waals surface area (Å²) < 4.78 is 5.13. The molecule has 0 saturated carbocycles. The number of aromatic nitrogens is 2. The molecule has 2 aromatic rings. The van der Waals surface area contributed by atoms with Gasteiger partial charge in [-0.15, -0.1) is 10.2 Å². The quantitative estimate of drug-likeness (QED) is 0.919. The first-order valence-electron chi connectivity index (χ1n) is 6.10. The molecule has 5 nitrogen and oxygen atoms in total. The molecule has 0 aliphatic carbocycles. The fraction of sp³-hybridized carbons (Fsp3) is 0.357. The zero-order chi connectivity index (χ0) is 13.9. The fourth-order valence-electron chi connectivity index (χ4n) is 1.72. The Bertz CT molecular complexity index is 556. The Kier molecular flexibility index (Phi) is 3.64. The van der Waals surface area contributed by atoms with Gasteiger partial charge in [0.2, 0.25) is 18.2 Å². The van der Waals surface area contributed by atoms with E-state index in [-0.39, 0.29) is 11.3 Å². The van der Waals surface area contributed by atoms with Gasteiger partial charge in [0.05, 0.1) is 0 Å². The maximum Gasteiger partial charge on any atom is 0.247 e. The van der Waals surface area contributed by atoms with Crippen LogP contribution in [0.3, 0.4) is 0 Å². The molecule has 0 unspecified atom stereocenters. The van der Waals surface area contributed by atoms with E-state index in [1.165, 1.54) is 6.39 Å². The van der Waals surface area contributed by atoms with E-state index < -0.39 is 0 Å². The van der Waals surface area contributed by atoms with Crippen molar-refractivity contribution in [3.8, 4) is 11.5 Å². The van der Waals surface area contributed by atoms with E-state index in [0.29, 0.717) is 12.3 Å². The smallest absolute Gasteiger partial charge is 0.247 e. The highest BCUT2D eigenvalue weighted by molar-refractivity contribution is 5.91. The monoisotopic (exact) mass is 259 g/mol. The fourth-order valence-corrected chi connectivity index (χ4v) is 1.72.